The largest absolute Gasteiger partial charge is 0.476 e. The van der Waals surface area contributed by atoms with Crippen molar-refractivity contribution < 1.29 is 17.9 Å². The van der Waals surface area contributed by atoms with Crippen molar-refractivity contribution in [2.45, 2.75) is 42.7 Å². The molecule has 0 radical (unpaired) electrons. The molecule has 1 atom stereocenters. The van der Waals surface area contributed by atoms with Crippen LogP contribution in [0.25, 0.3) is 0 Å². The van der Waals surface area contributed by atoms with Crippen molar-refractivity contribution in [2.24, 2.45) is 0 Å². The summed E-state index contributed by atoms with van der Waals surface area (Å²) >= 11 is 6.09. The number of fused-ring (bicyclic) bond motifs is 1. The molecule has 0 spiro atoms. The van der Waals surface area contributed by atoms with Crippen LogP contribution in [-0.4, -0.2) is 33.0 Å². The molecular weight excluding hydrogens is 400 g/mol. The monoisotopic (exact) mass is 420 g/mol. The fourth-order valence-electron chi connectivity index (χ4n) is 3.67. The van der Waals surface area contributed by atoms with Crippen LogP contribution < -0.4 is 14.4 Å². The number of carbonyl (C=O) groups is 1. The van der Waals surface area contributed by atoms with E-state index in [1.807, 2.05) is 0 Å². The molecule has 1 saturated carbocycles. The Hall–Kier alpha value is -2.25. The Morgan fingerprint density at radius 3 is 2.54 bits per heavy atom. The number of halogens is 1. The minimum Gasteiger partial charge on any atom is -0.476 e. The third-order valence-corrected chi connectivity index (χ3v) is 7.14. The molecular formula is C20H21ClN2O4S. The quantitative estimate of drug-likeness (QED) is 0.822. The van der Waals surface area contributed by atoms with Crippen molar-refractivity contribution in [1.82, 2.24) is 5.32 Å². The van der Waals surface area contributed by atoms with Gasteiger partial charge in [-0.2, -0.15) is 0 Å². The minimum atomic E-state index is -3.87. The molecule has 8 heteroatoms. The Bertz CT molecular complexity index is 975. The van der Waals surface area contributed by atoms with Crippen LogP contribution in [0.5, 0.6) is 5.75 Å². The van der Waals surface area contributed by atoms with Gasteiger partial charge < -0.3 is 10.1 Å². The first kappa shape index (κ1) is 19.1. The second-order valence-electron chi connectivity index (χ2n) is 7.06. The van der Waals surface area contributed by atoms with Crippen LogP contribution in [-0.2, 0) is 14.8 Å². The average Bonchev–Trinajstić information content (AvgIpc) is 3.20. The Morgan fingerprint density at radius 2 is 1.82 bits per heavy atom. The summed E-state index contributed by atoms with van der Waals surface area (Å²) in [7, 11) is -3.87. The number of benzene rings is 2. The standard InChI is InChI=1S/C20H21ClN2O4S/c21-14-10-11-18-17(12-14)23(28(25,26)16-8-2-1-3-9-16)13-19(27-18)20(24)22-15-6-4-5-7-15/h1-3,8-12,15,19H,4-7,13H2,(H,22,24). The minimum absolute atomic E-state index is 0.108. The maximum atomic E-state index is 13.3. The van der Waals surface area contributed by atoms with Crippen molar-refractivity contribution in [3.8, 4) is 5.75 Å². The van der Waals surface area contributed by atoms with E-state index in [1.165, 1.54) is 16.4 Å². The topological polar surface area (TPSA) is 75.7 Å². The molecule has 2 aromatic rings. The molecule has 0 aromatic heterocycles. The summed E-state index contributed by atoms with van der Waals surface area (Å²) in [5, 5.41) is 3.38. The van der Waals surface area contributed by atoms with E-state index in [2.05, 4.69) is 5.32 Å². The second kappa shape index (κ2) is 7.64. The number of anilines is 1. The molecule has 1 aliphatic carbocycles. The lowest BCUT2D eigenvalue weighted by Gasteiger charge is -2.35. The second-order valence-corrected chi connectivity index (χ2v) is 9.36. The van der Waals surface area contributed by atoms with Crippen LogP contribution in [0.4, 0.5) is 5.69 Å². The highest BCUT2D eigenvalue weighted by atomic mass is 35.5. The smallest absolute Gasteiger partial charge is 0.264 e. The van der Waals surface area contributed by atoms with Gasteiger partial charge in [-0.05, 0) is 43.2 Å². The van der Waals surface area contributed by atoms with Gasteiger partial charge in [0.15, 0.2) is 6.10 Å². The molecule has 2 aliphatic rings. The first-order valence-corrected chi connectivity index (χ1v) is 11.1. The fraction of sp³-hybridized carbons (Fsp3) is 0.350. The number of hydrogen-bond donors (Lipinski definition) is 1. The fourth-order valence-corrected chi connectivity index (χ4v) is 5.33. The SMILES string of the molecule is O=C(NC1CCCC1)C1CN(S(=O)(=O)c2ccccc2)c2cc(Cl)ccc2O1. The van der Waals surface area contributed by atoms with Gasteiger partial charge in [0.25, 0.3) is 15.9 Å². The van der Waals surface area contributed by atoms with E-state index in [-0.39, 0.29) is 23.4 Å². The average molecular weight is 421 g/mol. The van der Waals surface area contributed by atoms with Crippen molar-refractivity contribution in [1.29, 1.82) is 0 Å². The third-order valence-electron chi connectivity index (χ3n) is 5.12. The van der Waals surface area contributed by atoms with E-state index in [1.54, 1.807) is 36.4 Å². The molecule has 1 aliphatic heterocycles. The van der Waals surface area contributed by atoms with Gasteiger partial charge in [-0.15, -0.1) is 0 Å². The van der Waals surface area contributed by atoms with Crippen LogP contribution in [0.1, 0.15) is 25.7 Å². The molecule has 1 N–H and O–H groups in total. The van der Waals surface area contributed by atoms with Gasteiger partial charge in [0.2, 0.25) is 0 Å². The van der Waals surface area contributed by atoms with Gasteiger partial charge >= 0.3 is 0 Å². The predicted molar refractivity (Wildman–Crippen MR) is 107 cm³/mol. The zero-order valence-electron chi connectivity index (χ0n) is 15.2. The lowest BCUT2D eigenvalue weighted by Crippen LogP contribution is -2.52. The Kier molecular flexibility index (Phi) is 5.21. The van der Waals surface area contributed by atoms with Gasteiger partial charge in [0.1, 0.15) is 5.75 Å². The highest BCUT2D eigenvalue weighted by Gasteiger charge is 2.38. The van der Waals surface area contributed by atoms with Gasteiger partial charge in [-0.1, -0.05) is 42.6 Å². The zero-order chi connectivity index (χ0) is 19.7. The van der Waals surface area contributed by atoms with Gasteiger partial charge in [0, 0.05) is 11.1 Å². The predicted octanol–water partition coefficient (Wildman–Crippen LogP) is 3.36. The molecule has 1 fully saturated rings. The Labute approximate surface area is 169 Å². The molecule has 28 heavy (non-hydrogen) atoms. The molecule has 6 nitrogen and oxygen atoms in total. The number of amides is 1. The number of carbonyl (C=O) groups excluding carboxylic acids is 1. The maximum absolute atomic E-state index is 13.3. The molecule has 0 saturated heterocycles. The summed E-state index contributed by atoms with van der Waals surface area (Å²) in [5.41, 5.74) is 0.335. The number of nitrogens with zero attached hydrogens (tertiary/aromatic N) is 1. The highest BCUT2D eigenvalue weighted by Crippen LogP contribution is 2.38. The summed E-state index contributed by atoms with van der Waals surface area (Å²) in [6, 6.07) is 13.0. The van der Waals surface area contributed by atoms with Crippen molar-refractivity contribution in [3.05, 3.63) is 53.6 Å². The molecule has 2 aromatic carbocycles. The number of sulfonamides is 1. The summed E-state index contributed by atoms with van der Waals surface area (Å²) < 4.78 is 33.6. The highest BCUT2D eigenvalue weighted by molar-refractivity contribution is 7.92. The molecule has 4 rings (SSSR count). The van der Waals surface area contributed by atoms with Crippen molar-refractivity contribution in [3.63, 3.8) is 0 Å². The number of rotatable bonds is 4. The van der Waals surface area contributed by atoms with Gasteiger partial charge in [-0.3, -0.25) is 9.10 Å². The Balaban J connectivity index is 1.68. The first-order chi connectivity index (χ1) is 13.4. The van der Waals surface area contributed by atoms with Crippen LogP contribution in [0, 0.1) is 0 Å². The van der Waals surface area contributed by atoms with E-state index in [0.717, 1.165) is 25.7 Å². The van der Waals surface area contributed by atoms with Crippen molar-refractivity contribution >= 4 is 33.2 Å². The maximum Gasteiger partial charge on any atom is 0.264 e. The number of ether oxygens (including phenoxy) is 1. The van der Waals surface area contributed by atoms with E-state index in [4.69, 9.17) is 16.3 Å². The summed E-state index contributed by atoms with van der Waals surface area (Å²) in [6.45, 7) is -0.108. The normalized spacial score (nSPS) is 19.8. The summed E-state index contributed by atoms with van der Waals surface area (Å²) in [5.74, 6) is 0.0301. The summed E-state index contributed by atoms with van der Waals surface area (Å²) in [6.07, 6.45) is 3.14. The van der Waals surface area contributed by atoms with Crippen LogP contribution in [0.15, 0.2) is 53.4 Å². The van der Waals surface area contributed by atoms with Gasteiger partial charge in [0.05, 0.1) is 17.1 Å². The number of hydrogen-bond acceptors (Lipinski definition) is 4. The third kappa shape index (κ3) is 3.69. The van der Waals surface area contributed by atoms with E-state index < -0.39 is 16.1 Å². The Morgan fingerprint density at radius 1 is 1.11 bits per heavy atom. The van der Waals surface area contributed by atoms with Crippen LogP contribution >= 0.6 is 11.6 Å². The summed E-state index contributed by atoms with van der Waals surface area (Å²) in [4.78, 5) is 12.9. The first-order valence-electron chi connectivity index (χ1n) is 9.29. The van der Waals surface area contributed by atoms with Crippen LogP contribution in [0.3, 0.4) is 0 Å². The van der Waals surface area contributed by atoms with Crippen molar-refractivity contribution in [2.75, 3.05) is 10.8 Å². The van der Waals surface area contributed by atoms with Crippen LogP contribution in [0.2, 0.25) is 5.02 Å². The molecule has 0 bridgehead atoms. The zero-order valence-corrected chi connectivity index (χ0v) is 16.7. The number of nitrogens with one attached hydrogen (secondary N) is 1. The molecule has 1 unspecified atom stereocenters. The van der Waals surface area contributed by atoms with E-state index in [9.17, 15) is 13.2 Å². The van der Waals surface area contributed by atoms with E-state index >= 15 is 0 Å². The molecule has 1 amide bonds. The molecule has 1 heterocycles. The lowest BCUT2D eigenvalue weighted by atomic mass is 10.2. The van der Waals surface area contributed by atoms with Gasteiger partial charge in [-0.25, -0.2) is 8.42 Å². The van der Waals surface area contributed by atoms with E-state index in [0.29, 0.717) is 16.5 Å². The molecule has 148 valence electrons. The lowest BCUT2D eigenvalue weighted by molar-refractivity contribution is -0.128.